The maximum Gasteiger partial charge on any atom is 0.321 e. The molecule has 4 atom stereocenters. The van der Waals surface area contributed by atoms with Crippen LogP contribution in [0.5, 0.6) is 0 Å². The highest BCUT2D eigenvalue weighted by molar-refractivity contribution is 8.00. The van der Waals surface area contributed by atoms with Crippen LogP contribution in [0.1, 0.15) is 110 Å². The van der Waals surface area contributed by atoms with Crippen molar-refractivity contribution in [2.45, 2.75) is 127 Å². The minimum Gasteiger partial charge on any atom is -0.481 e. The van der Waals surface area contributed by atoms with Gasteiger partial charge in [-0.25, -0.2) is 0 Å². The van der Waals surface area contributed by atoms with Crippen molar-refractivity contribution in [2.24, 2.45) is 11.7 Å². The first-order chi connectivity index (χ1) is 15.9. The number of rotatable bonds is 19. The molecule has 6 nitrogen and oxygen atoms in total. The van der Waals surface area contributed by atoms with E-state index in [1.54, 1.807) is 0 Å². The van der Waals surface area contributed by atoms with E-state index in [1.807, 2.05) is 0 Å². The number of hydrogen-bond donors (Lipinski definition) is 4. The number of aliphatic carboxylic acids is 2. The van der Waals surface area contributed by atoms with Crippen molar-refractivity contribution >= 4 is 23.7 Å². The molecule has 1 unspecified atom stereocenters. The van der Waals surface area contributed by atoms with E-state index < -0.39 is 24.1 Å². The molecule has 0 saturated heterocycles. The van der Waals surface area contributed by atoms with Gasteiger partial charge in [0.2, 0.25) is 0 Å². The van der Waals surface area contributed by atoms with Crippen LogP contribution in [0.15, 0.2) is 11.6 Å². The monoisotopic (exact) mass is 485 g/mol. The third-order valence-corrected chi connectivity index (χ3v) is 8.17. The predicted octanol–water partition coefficient (Wildman–Crippen LogP) is 5.76. The third-order valence-electron chi connectivity index (χ3n) is 6.68. The van der Waals surface area contributed by atoms with Crippen LogP contribution in [0.4, 0.5) is 0 Å². The second kappa shape index (κ2) is 18.3. The smallest absolute Gasteiger partial charge is 0.321 e. The van der Waals surface area contributed by atoms with Gasteiger partial charge in [-0.2, -0.15) is 0 Å². The summed E-state index contributed by atoms with van der Waals surface area (Å²) in [6, 6.07) is -0.963. The fourth-order valence-corrected chi connectivity index (χ4v) is 5.96. The maximum absolute atomic E-state index is 11.1. The number of aliphatic hydroxyl groups excluding tert-OH is 1. The average Bonchev–Trinajstić information content (AvgIpc) is 2.78. The van der Waals surface area contributed by atoms with Gasteiger partial charge in [-0.1, -0.05) is 82.8 Å². The Morgan fingerprint density at radius 3 is 2.15 bits per heavy atom. The summed E-state index contributed by atoms with van der Waals surface area (Å²) in [6.07, 6.45) is 19.0. The molecule has 0 aromatic heterocycles. The van der Waals surface area contributed by atoms with E-state index >= 15 is 0 Å². The summed E-state index contributed by atoms with van der Waals surface area (Å²) in [5.41, 5.74) is 6.85. The normalized spacial score (nSPS) is 23.0. The highest BCUT2D eigenvalue weighted by atomic mass is 32.2. The Hall–Kier alpha value is -1.05. The average molecular weight is 486 g/mol. The van der Waals surface area contributed by atoms with Gasteiger partial charge in [0.25, 0.3) is 0 Å². The number of carboxylic acids is 2. The van der Waals surface area contributed by atoms with Gasteiger partial charge in [0.1, 0.15) is 6.04 Å². The molecule has 0 aromatic carbocycles. The Labute approximate surface area is 204 Å². The number of aliphatic hydroxyl groups is 1. The summed E-state index contributed by atoms with van der Waals surface area (Å²) in [7, 11) is 0. The van der Waals surface area contributed by atoms with Crippen molar-refractivity contribution < 1.29 is 24.9 Å². The van der Waals surface area contributed by atoms with E-state index in [0.717, 1.165) is 25.7 Å². The van der Waals surface area contributed by atoms with Gasteiger partial charge in [0.15, 0.2) is 0 Å². The zero-order chi connectivity index (χ0) is 24.5. The summed E-state index contributed by atoms with van der Waals surface area (Å²) < 4.78 is 0. The molecule has 0 bridgehead atoms. The zero-order valence-electron chi connectivity index (χ0n) is 20.6. The van der Waals surface area contributed by atoms with Gasteiger partial charge in [-0.05, 0) is 38.0 Å². The summed E-state index contributed by atoms with van der Waals surface area (Å²) in [5.74, 6) is -1.73. The van der Waals surface area contributed by atoms with Crippen LogP contribution >= 0.6 is 11.8 Å². The third kappa shape index (κ3) is 13.4. The van der Waals surface area contributed by atoms with E-state index in [1.165, 1.54) is 81.5 Å². The van der Waals surface area contributed by atoms with Crippen LogP contribution in [0.2, 0.25) is 0 Å². The predicted molar refractivity (Wildman–Crippen MR) is 137 cm³/mol. The molecule has 1 aliphatic carbocycles. The van der Waals surface area contributed by atoms with Gasteiger partial charge in [-0.3, -0.25) is 9.59 Å². The van der Waals surface area contributed by atoms with Crippen molar-refractivity contribution in [2.75, 3.05) is 5.75 Å². The fraction of sp³-hybridized carbons (Fsp3) is 0.846. The molecule has 0 spiro atoms. The quantitative estimate of drug-likeness (QED) is 0.135. The topological polar surface area (TPSA) is 121 Å². The van der Waals surface area contributed by atoms with Crippen LogP contribution in [-0.2, 0) is 9.59 Å². The van der Waals surface area contributed by atoms with Gasteiger partial charge >= 0.3 is 11.9 Å². The van der Waals surface area contributed by atoms with Crippen LogP contribution in [0.25, 0.3) is 0 Å². The van der Waals surface area contributed by atoms with Crippen molar-refractivity contribution in [3.05, 3.63) is 11.6 Å². The molecule has 5 N–H and O–H groups in total. The molecule has 0 amide bonds. The van der Waals surface area contributed by atoms with Crippen LogP contribution in [0.3, 0.4) is 0 Å². The maximum atomic E-state index is 11.1. The SMILES string of the molecule is CCCCCCCCCCCCC/C=C1\CC[C@@H](CCC(=O)O)[C@@H](O)[C@@H]1SCC(N)C(=O)O. The molecular formula is C26H47NO5S. The summed E-state index contributed by atoms with van der Waals surface area (Å²) in [6.45, 7) is 2.25. The highest BCUT2D eigenvalue weighted by Crippen LogP contribution is 2.39. The first-order valence-corrected chi connectivity index (χ1v) is 14.1. The van der Waals surface area contributed by atoms with Gasteiger partial charge in [-0.15, -0.1) is 11.8 Å². The van der Waals surface area contributed by atoms with E-state index in [2.05, 4.69) is 13.0 Å². The molecule has 0 aromatic rings. The minimum atomic E-state index is -1.04. The molecule has 1 fully saturated rings. The lowest BCUT2D eigenvalue weighted by Gasteiger charge is -2.37. The Bertz CT molecular complexity index is 583. The van der Waals surface area contributed by atoms with E-state index in [0.29, 0.717) is 6.42 Å². The molecule has 1 saturated carbocycles. The molecule has 0 heterocycles. The summed E-state index contributed by atoms with van der Waals surface area (Å²) >= 11 is 1.40. The van der Waals surface area contributed by atoms with Crippen molar-refractivity contribution in [3.8, 4) is 0 Å². The second-order valence-electron chi connectivity index (χ2n) is 9.52. The van der Waals surface area contributed by atoms with E-state index in [-0.39, 0.29) is 23.3 Å². The number of unbranched alkanes of at least 4 members (excludes halogenated alkanes) is 11. The lowest BCUT2D eigenvalue weighted by Crippen LogP contribution is -2.40. The number of carbonyl (C=O) groups is 2. The number of allylic oxidation sites excluding steroid dienone is 1. The number of carboxylic acid groups (broad SMARTS) is 2. The van der Waals surface area contributed by atoms with Crippen LogP contribution in [-0.4, -0.2) is 50.4 Å². The molecule has 0 aliphatic heterocycles. The Morgan fingerprint density at radius 2 is 1.61 bits per heavy atom. The molecular weight excluding hydrogens is 438 g/mol. The first-order valence-electron chi connectivity index (χ1n) is 13.1. The number of thioether (sulfide) groups is 1. The number of nitrogens with two attached hydrogens (primary N) is 1. The molecule has 1 rings (SSSR count). The second-order valence-corrected chi connectivity index (χ2v) is 10.7. The highest BCUT2D eigenvalue weighted by Gasteiger charge is 2.35. The lowest BCUT2D eigenvalue weighted by atomic mass is 9.80. The van der Waals surface area contributed by atoms with Gasteiger partial charge < -0.3 is 21.1 Å². The Balaban J connectivity index is 2.41. The lowest BCUT2D eigenvalue weighted by molar-refractivity contribution is -0.138. The summed E-state index contributed by atoms with van der Waals surface area (Å²) in [4.78, 5) is 22.0. The van der Waals surface area contributed by atoms with Gasteiger partial charge in [0, 0.05) is 12.2 Å². The van der Waals surface area contributed by atoms with Crippen LogP contribution < -0.4 is 5.73 Å². The molecule has 1 aliphatic rings. The van der Waals surface area contributed by atoms with Gasteiger partial charge in [0.05, 0.1) is 11.4 Å². The van der Waals surface area contributed by atoms with Crippen molar-refractivity contribution in [1.29, 1.82) is 0 Å². The molecule has 33 heavy (non-hydrogen) atoms. The Morgan fingerprint density at radius 1 is 1.03 bits per heavy atom. The zero-order valence-corrected chi connectivity index (χ0v) is 21.4. The van der Waals surface area contributed by atoms with Crippen molar-refractivity contribution in [3.63, 3.8) is 0 Å². The molecule has 7 heteroatoms. The molecule has 0 radical (unpaired) electrons. The first kappa shape index (κ1) is 30.0. The Kier molecular flexibility index (Phi) is 16.6. The minimum absolute atomic E-state index is 0.0472. The van der Waals surface area contributed by atoms with E-state index in [9.17, 15) is 14.7 Å². The van der Waals surface area contributed by atoms with Crippen LogP contribution in [0, 0.1) is 5.92 Å². The largest absolute Gasteiger partial charge is 0.481 e. The fourth-order valence-electron chi connectivity index (χ4n) is 4.55. The standard InChI is InChI=1S/C26H47NO5S/c1-2-3-4-5-6-7-8-9-10-11-12-13-14-21-16-15-20(17-18-23(28)29)24(30)25(21)33-19-22(27)26(31)32/h14,20,22,24-25,30H,2-13,15-19,27H2,1H3,(H,28,29)(H,31,32)/b21-14+/t20-,22?,24+,25+/m0/s1. The van der Waals surface area contributed by atoms with Crippen molar-refractivity contribution in [1.82, 2.24) is 0 Å². The van der Waals surface area contributed by atoms with E-state index in [4.69, 9.17) is 15.9 Å². The summed E-state index contributed by atoms with van der Waals surface area (Å²) in [5, 5.41) is 28.8. The number of hydrogen-bond acceptors (Lipinski definition) is 5. The molecule has 192 valence electrons.